The second-order valence-electron chi connectivity index (χ2n) is 16.0. The van der Waals surface area contributed by atoms with Gasteiger partial charge < -0.3 is 9.52 Å². The van der Waals surface area contributed by atoms with Gasteiger partial charge in [-0.15, -0.1) is 0 Å². The molecule has 0 atom stereocenters. The van der Waals surface area contributed by atoms with Crippen LogP contribution >= 0.6 is 0 Å². The third-order valence-electron chi connectivity index (χ3n) is 12.1. The number of furan rings is 1. The number of phenols is 1. The van der Waals surface area contributed by atoms with E-state index in [-0.39, 0.29) is 11.2 Å². The fraction of sp³-hybridized carbons (Fsp3) is 0.0545. The lowest BCUT2D eigenvalue weighted by Gasteiger charge is -2.27. The van der Waals surface area contributed by atoms with E-state index in [0.29, 0.717) is 11.4 Å². The number of phenolic OH excluding ortho intramolecular Hbond substituents is 1. The van der Waals surface area contributed by atoms with Crippen molar-refractivity contribution in [3.05, 3.63) is 205 Å². The number of hydrogen-bond acceptors (Lipinski definition) is 4. The average molecular weight is 774 g/mol. The monoisotopic (exact) mass is 773 g/mol. The number of imidazole rings is 1. The molecule has 0 radical (unpaired) electrons. The van der Waals surface area contributed by atoms with Crippen molar-refractivity contribution >= 4 is 43.7 Å². The number of aromatic hydroxyl groups is 1. The van der Waals surface area contributed by atoms with Crippen LogP contribution in [-0.2, 0) is 5.41 Å². The summed E-state index contributed by atoms with van der Waals surface area (Å²) in [6, 6.07) is 65.0. The van der Waals surface area contributed by atoms with Crippen LogP contribution in [0.5, 0.6) is 5.75 Å². The van der Waals surface area contributed by atoms with E-state index in [9.17, 15) is 5.11 Å². The van der Waals surface area contributed by atoms with Crippen molar-refractivity contribution in [2.75, 3.05) is 0 Å². The highest BCUT2D eigenvalue weighted by Crippen LogP contribution is 2.43. The SMILES string of the molecule is CC(C)(c1ccccc1)c1cc(-c2cc3c(cn2)oc2c4ccccc4ccc32)cc(-c2cccc3c2nc(-c2ccccc2O)n3-c2ccccc2-c2ccccc2)c1. The molecule has 3 aromatic heterocycles. The van der Waals surface area contributed by atoms with Gasteiger partial charge in [0.25, 0.3) is 0 Å². The summed E-state index contributed by atoms with van der Waals surface area (Å²) in [6.07, 6.45) is 1.86. The Hall–Kier alpha value is -7.76. The molecule has 0 aliphatic carbocycles. The van der Waals surface area contributed by atoms with Gasteiger partial charge in [0.1, 0.15) is 17.2 Å². The van der Waals surface area contributed by atoms with Crippen molar-refractivity contribution in [1.82, 2.24) is 14.5 Å². The zero-order valence-electron chi connectivity index (χ0n) is 33.2. The topological polar surface area (TPSA) is 64.1 Å². The van der Waals surface area contributed by atoms with E-state index in [0.717, 1.165) is 88.5 Å². The van der Waals surface area contributed by atoms with Crippen LogP contribution in [0.1, 0.15) is 25.0 Å². The first-order chi connectivity index (χ1) is 29.4. The zero-order chi connectivity index (χ0) is 40.4. The van der Waals surface area contributed by atoms with Gasteiger partial charge in [0, 0.05) is 38.3 Å². The predicted molar refractivity (Wildman–Crippen MR) is 246 cm³/mol. The Morgan fingerprint density at radius 2 is 1.23 bits per heavy atom. The standard InChI is InChI=1S/C55H39N3O2/c1-55(2,39-19-7-4-8-20-39)40-31-37(30-38(32-40)47-33-46-44-29-28-36-18-9-10-22-43(36)53(44)60-51(46)34-56-47)42-24-15-26-49-52(42)57-54(45-23-12-14-27-50(45)59)58(49)48-25-13-11-21-41(48)35-16-5-3-6-17-35/h3-34,59H,1-2H3. The van der Waals surface area contributed by atoms with E-state index in [1.54, 1.807) is 6.07 Å². The largest absolute Gasteiger partial charge is 0.507 e. The van der Waals surface area contributed by atoms with Gasteiger partial charge in [-0.3, -0.25) is 9.55 Å². The van der Waals surface area contributed by atoms with Crippen LogP contribution in [0, 0.1) is 0 Å². The highest BCUT2D eigenvalue weighted by Gasteiger charge is 2.27. The van der Waals surface area contributed by atoms with Gasteiger partial charge in [0.05, 0.1) is 34.2 Å². The van der Waals surface area contributed by atoms with Crippen molar-refractivity contribution in [1.29, 1.82) is 0 Å². The van der Waals surface area contributed by atoms with Crippen molar-refractivity contribution < 1.29 is 9.52 Å². The molecule has 0 saturated heterocycles. The van der Waals surface area contributed by atoms with Gasteiger partial charge in [0.15, 0.2) is 5.58 Å². The molecule has 0 bridgehead atoms. The molecule has 0 aliphatic heterocycles. The van der Waals surface area contributed by atoms with E-state index in [4.69, 9.17) is 14.4 Å². The molecule has 0 fully saturated rings. The summed E-state index contributed by atoms with van der Waals surface area (Å²) in [5.74, 6) is 0.828. The third kappa shape index (κ3) is 5.77. The maximum absolute atomic E-state index is 11.3. The van der Waals surface area contributed by atoms with Gasteiger partial charge in [-0.1, -0.05) is 153 Å². The highest BCUT2D eigenvalue weighted by atomic mass is 16.3. The van der Waals surface area contributed by atoms with Gasteiger partial charge in [0.2, 0.25) is 0 Å². The van der Waals surface area contributed by atoms with Crippen molar-refractivity contribution in [2.24, 2.45) is 0 Å². The molecule has 286 valence electrons. The molecule has 5 heteroatoms. The van der Waals surface area contributed by atoms with Crippen LogP contribution in [-0.4, -0.2) is 19.6 Å². The summed E-state index contributed by atoms with van der Waals surface area (Å²) in [5.41, 5.74) is 13.0. The van der Waals surface area contributed by atoms with Crippen LogP contribution in [0.3, 0.4) is 0 Å². The molecule has 1 N–H and O–H groups in total. The number of rotatable bonds is 7. The fourth-order valence-electron chi connectivity index (χ4n) is 8.83. The normalized spacial score (nSPS) is 11.9. The molecule has 11 rings (SSSR count). The van der Waals surface area contributed by atoms with Crippen LogP contribution in [0.2, 0.25) is 0 Å². The minimum atomic E-state index is -0.347. The lowest BCUT2D eigenvalue weighted by molar-refractivity contribution is 0.477. The highest BCUT2D eigenvalue weighted by molar-refractivity contribution is 6.15. The quantitative estimate of drug-likeness (QED) is 0.175. The van der Waals surface area contributed by atoms with Crippen LogP contribution < -0.4 is 0 Å². The van der Waals surface area contributed by atoms with E-state index >= 15 is 0 Å². The van der Waals surface area contributed by atoms with Crippen molar-refractivity contribution in [3.63, 3.8) is 0 Å². The van der Waals surface area contributed by atoms with E-state index in [1.807, 2.05) is 30.5 Å². The summed E-state index contributed by atoms with van der Waals surface area (Å²) in [4.78, 5) is 10.5. The Bertz CT molecular complexity index is 3420. The molecule has 11 aromatic rings. The molecule has 8 aromatic carbocycles. The number of nitrogens with zero attached hydrogens (tertiary/aromatic N) is 3. The van der Waals surface area contributed by atoms with Gasteiger partial charge in [-0.25, -0.2) is 4.98 Å². The van der Waals surface area contributed by atoms with E-state index in [1.165, 1.54) is 5.56 Å². The van der Waals surface area contributed by atoms with Crippen molar-refractivity contribution in [2.45, 2.75) is 19.3 Å². The molecule has 0 amide bonds. The third-order valence-corrected chi connectivity index (χ3v) is 12.1. The fourth-order valence-corrected chi connectivity index (χ4v) is 8.83. The Kier molecular flexibility index (Phi) is 8.24. The number of para-hydroxylation sites is 3. The Morgan fingerprint density at radius 1 is 0.533 bits per heavy atom. The molecule has 0 saturated carbocycles. The Labute approximate surface area is 347 Å². The molecule has 3 heterocycles. The molecular formula is C55H39N3O2. The Balaban J connectivity index is 1.16. The summed E-state index contributed by atoms with van der Waals surface area (Å²) in [6.45, 7) is 4.56. The molecule has 0 unspecified atom stereocenters. The molecule has 0 spiro atoms. The zero-order valence-corrected chi connectivity index (χ0v) is 33.2. The van der Waals surface area contributed by atoms with Gasteiger partial charge in [-0.2, -0.15) is 0 Å². The van der Waals surface area contributed by atoms with E-state index in [2.05, 4.69) is 176 Å². The second-order valence-corrected chi connectivity index (χ2v) is 16.0. The van der Waals surface area contributed by atoms with Crippen LogP contribution in [0.25, 0.3) is 94.3 Å². The van der Waals surface area contributed by atoms with Gasteiger partial charge >= 0.3 is 0 Å². The maximum atomic E-state index is 11.3. The smallest absolute Gasteiger partial charge is 0.153 e. The lowest BCUT2D eigenvalue weighted by Crippen LogP contribution is -2.19. The lowest BCUT2D eigenvalue weighted by atomic mass is 9.76. The number of aromatic nitrogens is 3. The van der Waals surface area contributed by atoms with Crippen LogP contribution in [0.15, 0.2) is 199 Å². The van der Waals surface area contributed by atoms with Crippen LogP contribution in [0.4, 0.5) is 0 Å². The number of hydrogen-bond donors (Lipinski definition) is 1. The molecular weight excluding hydrogens is 735 g/mol. The first-order valence-corrected chi connectivity index (χ1v) is 20.3. The minimum absolute atomic E-state index is 0.169. The number of fused-ring (bicyclic) bond motifs is 6. The molecule has 60 heavy (non-hydrogen) atoms. The summed E-state index contributed by atoms with van der Waals surface area (Å²) < 4.78 is 8.67. The summed E-state index contributed by atoms with van der Waals surface area (Å²) >= 11 is 0. The second kappa shape index (κ2) is 14.0. The number of benzene rings is 8. The van der Waals surface area contributed by atoms with Gasteiger partial charge in [-0.05, 0) is 76.2 Å². The van der Waals surface area contributed by atoms with E-state index < -0.39 is 0 Å². The summed E-state index contributed by atoms with van der Waals surface area (Å²) in [5, 5.41) is 15.7. The Morgan fingerprint density at radius 3 is 2.07 bits per heavy atom. The average Bonchev–Trinajstić information content (AvgIpc) is 3.88. The predicted octanol–water partition coefficient (Wildman–Crippen LogP) is 14.2. The minimum Gasteiger partial charge on any atom is -0.507 e. The van der Waals surface area contributed by atoms with Crippen molar-refractivity contribution in [3.8, 4) is 56.3 Å². The summed E-state index contributed by atoms with van der Waals surface area (Å²) in [7, 11) is 0. The number of pyridine rings is 1. The molecule has 5 nitrogen and oxygen atoms in total. The first-order valence-electron chi connectivity index (χ1n) is 20.3. The first kappa shape index (κ1) is 35.4. The molecule has 0 aliphatic rings. The maximum Gasteiger partial charge on any atom is 0.153 e.